The highest BCUT2D eigenvalue weighted by atomic mass is 16.5. The number of anilines is 2. The Bertz CT molecular complexity index is 418. The molecule has 0 aromatic carbocycles. The van der Waals surface area contributed by atoms with Crippen LogP contribution in [0.2, 0.25) is 0 Å². The zero-order valence-corrected chi connectivity index (χ0v) is 11.6. The van der Waals surface area contributed by atoms with Crippen molar-refractivity contribution in [2.45, 2.75) is 25.8 Å². The number of nitrogens with one attached hydrogen (secondary N) is 1. The first-order chi connectivity index (χ1) is 9.12. The number of pyridine rings is 1. The molecular formula is C13H21N3O3. The van der Waals surface area contributed by atoms with Gasteiger partial charge in [-0.1, -0.05) is 13.3 Å². The number of methoxy groups -OCH3 is 2. The number of carbonyl (C=O) groups excluding carboxylic acids is 1. The minimum absolute atomic E-state index is 0.0922. The maximum absolute atomic E-state index is 11.7. The Kier molecular flexibility index (Phi) is 6.08. The second-order valence-corrected chi connectivity index (χ2v) is 4.24. The molecule has 0 saturated carbocycles. The van der Waals surface area contributed by atoms with Gasteiger partial charge in [-0.3, -0.25) is 0 Å². The van der Waals surface area contributed by atoms with Crippen LogP contribution in [0.3, 0.4) is 0 Å². The Labute approximate surface area is 113 Å². The molecule has 0 aliphatic rings. The molecule has 1 aromatic rings. The highest BCUT2D eigenvalue weighted by Gasteiger charge is 2.17. The molecule has 0 fully saturated rings. The minimum Gasteiger partial charge on any atom is -0.465 e. The number of hydrogen-bond donors (Lipinski definition) is 2. The second kappa shape index (κ2) is 7.58. The molecule has 0 spiro atoms. The van der Waals surface area contributed by atoms with Crippen molar-refractivity contribution in [2.24, 2.45) is 0 Å². The number of nitrogens with two attached hydrogens (primary N) is 1. The minimum atomic E-state index is -0.463. The summed E-state index contributed by atoms with van der Waals surface area (Å²) in [4.78, 5) is 15.9. The third kappa shape index (κ3) is 4.40. The summed E-state index contributed by atoms with van der Waals surface area (Å²) in [5, 5.41) is 3.20. The van der Waals surface area contributed by atoms with E-state index < -0.39 is 5.97 Å². The standard InChI is InChI=1S/C13H21N3O3/c1-4-5-10(8-18-2)16-12-11(13(17)19-3)6-9(14)7-15-12/h6-7,10H,4-5,8,14H2,1-3H3,(H,15,16). The van der Waals surface area contributed by atoms with Crippen LogP contribution in [0.4, 0.5) is 11.5 Å². The monoisotopic (exact) mass is 267 g/mol. The van der Waals surface area contributed by atoms with E-state index in [-0.39, 0.29) is 6.04 Å². The molecule has 6 nitrogen and oxygen atoms in total. The highest BCUT2D eigenvalue weighted by molar-refractivity contribution is 5.95. The number of ether oxygens (including phenoxy) is 2. The van der Waals surface area contributed by atoms with E-state index in [0.29, 0.717) is 23.7 Å². The summed E-state index contributed by atoms with van der Waals surface area (Å²) in [6.07, 6.45) is 3.43. The summed E-state index contributed by atoms with van der Waals surface area (Å²) >= 11 is 0. The second-order valence-electron chi connectivity index (χ2n) is 4.24. The van der Waals surface area contributed by atoms with Gasteiger partial charge in [-0.15, -0.1) is 0 Å². The Morgan fingerprint density at radius 1 is 1.53 bits per heavy atom. The molecule has 0 aliphatic carbocycles. The fourth-order valence-electron chi connectivity index (χ4n) is 1.80. The van der Waals surface area contributed by atoms with E-state index in [2.05, 4.69) is 17.2 Å². The summed E-state index contributed by atoms with van der Waals surface area (Å²) in [5.41, 5.74) is 6.40. The smallest absolute Gasteiger partial charge is 0.341 e. The van der Waals surface area contributed by atoms with Crippen molar-refractivity contribution < 1.29 is 14.3 Å². The first-order valence-electron chi connectivity index (χ1n) is 6.21. The van der Waals surface area contributed by atoms with Crippen molar-refractivity contribution in [1.82, 2.24) is 4.98 Å². The van der Waals surface area contributed by atoms with Crippen LogP contribution >= 0.6 is 0 Å². The Hall–Kier alpha value is -1.82. The van der Waals surface area contributed by atoms with Gasteiger partial charge < -0.3 is 20.5 Å². The Morgan fingerprint density at radius 3 is 2.84 bits per heavy atom. The average Bonchev–Trinajstić information content (AvgIpc) is 2.40. The van der Waals surface area contributed by atoms with Gasteiger partial charge in [0.2, 0.25) is 0 Å². The van der Waals surface area contributed by atoms with Crippen LogP contribution in [0.15, 0.2) is 12.3 Å². The fourth-order valence-corrected chi connectivity index (χ4v) is 1.80. The van der Waals surface area contributed by atoms with E-state index >= 15 is 0 Å². The van der Waals surface area contributed by atoms with Gasteiger partial charge in [-0.25, -0.2) is 9.78 Å². The zero-order valence-electron chi connectivity index (χ0n) is 11.6. The van der Waals surface area contributed by atoms with Gasteiger partial charge in [0.25, 0.3) is 0 Å². The van der Waals surface area contributed by atoms with Gasteiger partial charge >= 0.3 is 5.97 Å². The molecule has 1 heterocycles. The number of rotatable bonds is 7. The fraction of sp³-hybridized carbons (Fsp3) is 0.538. The van der Waals surface area contributed by atoms with E-state index in [4.69, 9.17) is 15.2 Å². The molecular weight excluding hydrogens is 246 g/mol. The number of aromatic nitrogens is 1. The lowest BCUT2D eigenvalue weighted by Crippen LogP contribution is -2.26. The lowest BCUT2D eigenvalue weighted by atomic mass is 10.1. The maximum Gasteiger partial charge on any atom is 0.341 e. The molecule has 0 bridgehead atoms. The van der Waals surface area contributed by atoms with Gasteiger partial charge in [-0.05, 0) is 12.5 Å². The van der Waals surface area contributed by atoms with Crippen LogP contribution in [-0.4, -0.2) is 37.8 Å². The largest absolute Gasteiger partial charge is 0.465 e. The molecule has 19 heavy (non-hydrogen) atoms. The van der Waals surface area contributed by atoms with E-state index in [1.165, 1.54) is 13.3 Å². The van der Waals surface area contributed by atoms with Gasteiger partial charge in [-0.2, -0.15) is 0 Å². The van der Waals surface area contributed by atoms with Crippen LogP contribution < -0.4 is 11.1 Å². The molecule has 106 valence electrons. The van der Waals surface area contributed by atoms with Crippen LogP contribution in [0.25, 0.3) is 0 Å². The van der Waals surface area contributed by atoms with Crippen LogP contribution in [0.1, 0.15) is 30.1 Å². The molecule has 1 atom stereocenters. The van der Waals surface area contributed by atoms with Gasteiger partial charge in [0.1, 0.15) is 11.4 Å². The lowest BCUT2D eigenvalue weighted by Gasteiger charge is -2.19. The number of nitrogen functional groups attached to an aromatic ring is 1. The van der Waals surface area contributed by atoms with Crippen molar-refractivity contribution >= 4 is 17.5 Å². The van der Waals surface area contributed by atoms with Crippen LogP contribution in [-0.2, 0) is 9.47 Å². The molecule has 3 N–H and O–H groups in total. The number of esters is 1. The van der Waals surface area contributed by atoms with E-state index in [9.17, 15) is 4.79 Å². The summed E-state index contributed by atoms with van der Waals surface area (Å²) in [6, 6.07) is 1.64. The molecule has 0 aliphatic heterocycles. The molecule has 1 rings (SSSR count). The predicted molar refractivity (Wildman–Crippen MR) is 74.2 cm³/mol. The Morgan fingerprint density at radius 2 is 2.26 bits per heavy atom. The quantitative estimate of drug-likeness (QED) is 0.731. The van der Waals surface area contributed by atoms with E-state index in [0.717, 1.165) is 12.8 Å². The predicted octanol–water partition coefficient (Wildman–Crippen LogP) is 1.68. The zero-order chi connectivity index (χ0) is 14.3. The van der Waals surface area contributed by atoms with Gasteiger partial charge in [0.05, 0.1) is 31.6 Å². The highest BCUT2D eigenvalue weighted by Crippen LogP contribution is 2.18. The summed E-state index contributed by atoms with van der Waals surface area (Å²) in [6.45, 7) is 2.63. The summed E-state index contributed by atoms with van der Waals surface area (Å²) < 4.78 is 9.88. The van der Waals surface area contributed by atoms with E-state index in [1.54, 1.807) is 13.2 Å². The summed E-state index contributed by atoms with van der Waals surface area (Å²) in [5.74, 6) is 0.00603. The third-order valence-corrected chi connectivity index (χ3v) is 2.66. The SMILES string of the molecule is CCCC(COC)Nc1ncc(N)cc1C(=O)OC. The van der Waals surface area contributed by atoms with Gasteiger partial charge in [0, 0.05) is 7.11 Å². The first-order valence-corrected chi connectivity index (χ1v) is 6.21. The lowest BCUT2D eigenvalue weighted by molar-refractivity contribution is 0.0601. The molecule has 0 radical (unpaired) electrons. The Balaban J connectivity index is 2.94. The topological polar surface area (TPSA) is 86.5 Å². The third-order valence-electron chi connectivity index (χ3n) is 2.66. The van der Waals surface area contributed by atoms with Crippen molar-refractivity contribution in [3.63, 3.8) is 0 Å². The number of nitrogens with zero attached hydrogens (tertiary/aromatic N) is 1. The van der Waals surface area contributed by atoms with Crippen LogP contribution in [0.5, 0.6) is 0 Å². The molecule has 0 saturated heterocycles. The van der Waals surface area contributed by atoms with Crippen molar-refractivity contribution in [2.75, 3.05) is 31.9 Å². The molecule has 1 unspecified atom stereocenters. The first kappa shape index (κ1) is 15.2. The van der Waals surface area contributed by atoms with Gasteiger partial charge in [0.15, 0.2) is 0 Å². The number of hydrogen-bond acceptors (Lipinski definition) is 6. The van der Waals surface area contributed by atoms with Crippen molar-refractivity contribution in [3.8, 4) is 0 Å². The van der Waals surface area contributed by atoms with Crippen molar-refractivity contribution in [3.05, 3.63) is 17.8 Å². The molecule has 0 amide bonds. The maximum atomic E-state index is 11.7. The van der Waals surface area contributed by atoms with Crippen molar-refractivity contribution in [1.29, 1.82) is 0 Å². The summed E-state index contributed by atoms with van der Waals surface area (Å²) in [7, 11) is 2.97. The number of carbonyl (C=O) groups is 1. The van der Waals surface area contributed by atoms with E-state index in [1.807, 2.05) is 0 Å². The normalized spacial score (nSPS) is 11.9. The molecule has 6 heteroatoms. The molecule has 1 aromatic heterocycles. The average molecular weight is 267 g/mol. The van der Waals surface area contributed by atoms with Crippen LogP contribution in [0, 0.1) is 0 Å².